The van der Waals surface area contributed by atoms with Crippen LogP contribution in [0.15, 0.2) is 90.3 Å². The summed E-state index contributed by atoms with van der Waals surface area (Å²) in [6.07, 6.45) is 8.31. The molecular formula is C36H42N8O3S2. The van der Waals surface area contributed by atoms with E-state index < -0.39 is 10.0 Å². The quantitative estimate of drug-likeness (QED) is 0.121. The first kappa shape index (κ1) is 34.1. The number of anilines is 1. The highest BCUT2D eigenvalue weighted by atomic mass is 32.2. The minimum absolute atomic E-state index is 0. The third kappa shape index (κ3) is 8.65. The number of nitrogens with zero attached hydrogens (tertiary/aromatic N) is 6. The van der Waals surface area contributed by atoms with Gasteiger partial charge in [0.1, 0.15) is 18.1 Å². The molecule has 1 saturated heterocycles. The molecule has 0 saturated carbocycles. The van der Waals surface area contributed by atoms with Gasteiger partial charge in [-0.05, 0) is 101 Å². The normalized spacial score (nSPS) is 14.1. The lowest BCUT2D eigenvalue weighted by Crippen LogP contribution is -2.39. The van der Waals surface area contributed by atoms with Crippen LogP contribution in [0.3, 0.4) is 0 Å². The predicted molar refractivity (Wildman–Crippen MR) is 195 cm³/mol. The highest BCUT2D eigenvalue weighted by molar-refractivity contribution is 7.93. The van der Waals surface area contributed by atoms with E-state index in [0.717, 1.165) is 58.5 Å². The van der Waals surface area contributed by atoms with Crippen LogP contribution in [0.2, 0.25) is 0 Å². The highest BCUT2D eigenvalue weighted by Crippen LogP contribution is 2.37. The number of hydrogen-bond acceptors (Lipinski definition) is 11. The maximum atomic E-state index is 12.9. The molecule has 0 bridgehead atoms. The molecule has 5 aromatic rings. The number of piperidine rings is 1. The zero-order valence-electron chi connectivity index (χ0n) is 27.4. The summed E-state index contributed by atoms with van der Waals surface area (Å²) >= 11 is 0.913. The smallest absolute Gasteiger partial charge is 0.263 e. The molecule has 11 nitrogen and oxygen atoms in total. The Morgan fingerprint density at radius 2 is 1.84 bits per heavy atom. The third-order valence-corrected chi connectivity index (χ3v) is 10.7. The van der Waals surface area contributed by atoms with Gasteiger partial charge in [-0.25, -0.2) is 13.4 Å². The van der Waals surface area contributed by atoms with Crippen molar-refractivity contribution in [1.29, 1.82) is 5.26 Å². The number of ether oxygens (including phenoxy) is 1. The van der Waals surface area contributed by atoms with Gasteiger partial charge in [-0.3, -0.25) is 14.7 Å². The maximum absolute atomic E-state index is 12.9. The molecule has 2 aromatic carbocycles. The van der Waals surface area contributed by atoms with Gasteiger partial charge in [0.05, 0.1) is 28.0 Å². The number of sulfonamides is 1. The van der Waals surface area contributed by atoms with Crippen molar-refractivity contribution < 1.29 is 16.0 Å². The van der Waals surface area contributed by atoms with Crippen LogP contribution in [0.4, 0.5) is 5.13 Å². The number of pyridine rings is 2. The number of likely N-dealkylation sites (tertiary alicyclic amines) is 1. The van der Waals surface area contributed by atoms with Crippen molar-refractivity contribution >= 4 is 26.7 Å². The summed E-state index contributed by atoms with van der Waals surface area (Å²) in [6.45, 7) is 8.45. The molecule has 0 amide bonds. The second-order valence-corrected chi connectivity index (χ2v) is 14.7. The Balaban J connectivity index is 0.00000292. The number of nitrogens with one attached hydrogen (secondary N) is 2. The number of aromatic nitrogens is 4. The minimum atomic E-state index is -4.00. The summed E-state index contributed by atoms with van der Waals surface area (Å²) in [5.41, 5.74) is 4.28. The van der Waals surface area contributed by atoms with Gasteiger partial charge >= 0.3 is 0 Å². The minimum Gasteiger partial charge on any atom is -0.454 e. The van der Waals surface area contributed by atoms with E-state index in [2.05, 4.69) is 54.2 Å². The van der Waals surface area contributed by atoms with Gasteiger partial charge in [0.25, 0.3) is 10.0 Å². The van der Waals surface area contributed by atoms with Crippen molar-refractivity contribution in [3.63, 3.8) is 0 Å². The third-order valence-electron chi connectivity index (χ3n) is 8.66. The molecule has 49 heavy (non-hydrogen) atoms. The Morgan fingerprint density at radius 1 is 1.02 bits per heavy atom. The molecule has 2 N–H and O–H groups in total. The summed E-state index contributed by atoms with van der Waals surface area (Å²) in [5.74, 6) is 1.36. The van der Waals surface area contributed by atoms with Crippen molar-refractivity contribution in [2.45, 2.75) is 50.6 Å². The van der Waals surface area contributed by atoms with Crippen LogP contribution in [0.25, 0.3) is 22.4 Å². The first-order chi connectivity index (χ1) is 23.8. The largest absolute Gasteiger partial charge is 0.454 e. The van der Waals surface area contributed by atoms with Gasteiger partial charge in [-0.1, -0.05) is 30.3 Å². The Kier molecular flexibility index (Phi) is 10.9. The SMILES string of the molecule is CC(C)N1CCC(CCNCc2cc(-c3cc(-c4ccccc4)ncc3Oc3ccc(S(=O)(=O)Nc4ncns4)cc3C#N)ccn2)CC1.[HH].[HH]. The van der Waals surface area contributed by atoms with Gasteiger partial charge in [-0.15, -0.1) is 0 Å². The molecular weight excluding hydrogens is 657 g/mol. The van der Waals surface area contributed by atoms with E-state index in [-0.39, 0.29) is 24.2 Å². The van der Waals surface area contributed by atoms with Crippen molar-refractivity contribution in [3.05, 3.63) is 96.7 Å². The van der Waals surface area contributed by atoms with Crippen molar-refractivity contribution in [2.75, 3.05) is 24.4 Å². The Hall–Kier alpha value is -4.74. The van der Waals surface area contributed by atoms with Crippen molar-refractivity contribution in [1.82, 2.24) is 29.5 Å². The lowest BCUT2D eigenvalue weighted by molar-refractivity contribution is 0.145. The van der Waals surface area contributed by atoms with Gasteiger partial charge in [0.15, 0.2) is 5.75 Å². The molecule has 0 unspecified atom stereocenters. The molecule has 0 aliphatic carbocycles. The number of rotatable bonds is 13. The summed E-state index contributed by atoms with van der Waals surface area (Å²) < 4.78 is 38.4. The Morgan fingerprint density at radius 3 is 2.57 bits per heavy atom. The van der Waals surface area contributed by atoms with Crippen LogP contribution < -0.4 is 14.8 Å². The van der Waals surface area contributed by atoms with Gasteiger partial charge < -0.3 is 15.0 Å². The lowest BCUT2D eigenvalue weighted by atomic mass is 9.93. The molecule has 0 radical (unpaired) electrons. The molecule has 256 valence electrons. The molecule has 0 spiro atoms. The zero-order chi connectivity index (χ0) is 34.2. The van der Waals surface area contributed by atoms with E-state index in [1.807, 2.05) is 48.5 Å². The average molecular weight is 699 g/mol. The number of nitriles is 1. The van der Waals surface area contributed by atoms with E-state index in [1.165, 1.54) is 50.5 Å². The lowest BCUT2D eigenvalue weighted by Gasteiger charge is -2.34. The van der Waals surface area contributed by atoms with Crippen LogP contribution in [0.1, 0.15) is 47.2 Å². The molecule has 1 aliphatic rings. The van der Waals surface area contributed by atoms with E-state index in [0.29, 0.717) is 18.3 Å². The first-order valence-electron chi connectivity index (χ1n) is 16.3. The fourth-order valence-electron chi connectivity index (χ4n) is 5.90. The second kappa shape index (κ2) is 15.7. The fraction of sp³-hybridized carbons (Fsp3) is 0.306. The van der Waals surface area contributed by atoms with Crippen LogP contribution in [0.5, 0.6) is 11.5 Å². The van der Waals surface area contributed by atoms with Crippen LogP contribution in [-0.2, 0) is 16.6 Å². The van der Waals surface area contributed by atoms with Crippen LogP contribution in [0, 0.1) is 17.2 Å². The van der Waals surface area contributed by atoms with E-state index in [4.69, 9.17) is 4.74 Å². The van der Waals surface area contributed by atoms with E-state index in [1.54, 1.807) is 12.4 Å². The first-order valence-corrected chi connectivity index (χ1v) is 18.5. The molecule has 4 heterocycles. The highest BCUT2D eigenvalue weighted by Gasteiger charge is 2.22. The molecule has 3 aromatic heterocycles. The maximum Gasteiger partial charge on any atom is 0.263 e. The summed E-state index contributed by atoms with van der Waals surface area (Å²) in [6, 6.07) is 22.6. The summed E-state index contributed by atoms with van der Waals surface area (Å²) in [7, 11) is -4.00. The van der Waals surface area contributed by atoms with Gasteiger partial charge in [-0.2, -0.15) is 9.64 Å². The van der Waals surface area contributed by atoms with Crippen molar-refractivity contribution in [3.8, 4) is 40.0 Å². The second-order valence-electron chi connectivity index (χ2n) is 12.2. The molecule has 1 aliphatic heterocycles. The molecule has 0 atom stereocenters. The topological polar surface area (TPSA) is 146 Å². The Bertz CT molecular complexity index is 2020. The monoisotopic (exact) mass is 698 g/mol. The number of benzene rings is 2. The summed E-state index contributed by atoms with van der Waals surface area (Å²) in [5, 5.41) is 13.7. The predicted octanol–water partition coefficient (Wildman–Crippen LogP) is 7.22. The Labute approximate surface area is 294 Å². The zero-order valence-corrected chi connectivity index (χ0v) is 29.0. The fourth-order valence-corrected chi connectivity index (χ4v) is 7.59. The molecule has 1 fully saturated rings. The van der Waals surface area contributed by atoms with E-state index >= 15 is 0 Å². The van der Waals surface area contributed by atoms with Gasteiger partial charge in [0.2, 0.25) is 5.13 Å². The standard InChI is InChI=1S/C36H38N8O3S2.2H2/c1-25(2)44-16-12-26(13-17-44)10-14-38-22-30-18-28(11-15-39-30)32-20-33(27-6-4-3-5-7-27)40-23-35(32)47-34-9-8-31(19-29(34)21-37)49(45,46)43-36-41-24-42-48-36;;/h3-9,11,15,18-20,23-26,38H,10,12-14,16-17,22H2,1-2H3,(H,41,42,43);2*1H. The number of hydrogen-bond donors (Lipinski definition) is 2. The summed E-state index contributed by atoms with van der Waals surface area (Å²) in [4.78, 5) is 15.6. The van der Waals surface area contributed by atoms with E-state index in [9.17, 15) is 13.7 Å². The van der Waals surface area contributed by atoms with Crippen LogP contribution >= 0.6 is 11.5 Å². The van der Waals surface area contributed by atoms with Gasteiger partial charge in [0, 0.05) is 44.3 Å². The van der Waals surface area contributed by atoms with Crippen LogP contribution in [-0.4, -0.2) is 58.3 Å². The average Bonchev–Trinajstić information content (AvgIpc) is 3.63. The molecule has 6 rings (SSSR count). The molecule has 13 heteroatoms. The van der Waals surface area contributed by atoms with Crippen molar-refractivity contribution in [2.24, 2.45) is 5.92 Å².